The zero-order chi connectivity index (χ0) is 9.31. The molecule has 2 fully saturated rings. The third-order valence-electron chi connectivity index (χ3n) is 3.84. The number of aliphatic hydroxyl groups is 1. The lowest BCUT2D eigenvalue weighted by molar-refractivity contribution is -0.0218. The van der Waals surface area contributed by atoms with Gasteiger partial charge in [-0.05, 0) is 32.2 Å². The summed E-state index contributed by atoms with van der Waals surface area (Å²) in [5.74, 6) is 0.589. The monoisotopic (exact) mass is 183 g/mol. The molecule has 0 aromatic rings. The summed E-state index contributed by atoms with van der Waals surface area (Å²) >= 11 is 0. The Morgan fingerprint density at radius 2 is 1.92 bits per heavy atom. The molecule has 1 N–H and O–H groups in total. The Kier molecular flexibility index (Phi) is 2.61. The normalized spacial score (nSPS) is 38.3. The van der Waals surface area contributed by atoms with Gasteiger partial charge >= 0.3 is 0 Å². The fourth-order valence-electron chi connectivity index (χ4n) is 2.98. The van der Waals surface area contributed by atoms with Gasteiger partial charge in [-0.1, -0.05) is 19.3 Å². The second-order valence-electron chi connectivity index (χ2n) is 4.93. The molecule has 0 spiro atoms. The quantitative estimate of drug-likeness (QED) is 0.668. The van der Waals surface area contributed by atoms with Gasteiger partial charge in [-0.2, -0.15) is 0 Å². The third kappa shape index (κ3) is 1.89. The Hall–Kier alpha value is -0.0800. The number of nitrogens with zero attached hydrogens (tertiary/aromatic N) is 1. The summed E-state index contributed by atoms with van der Waals surface area (Å²) in [5, 5.41) is 10.4. The molecule has 0 aromatic heterocycles. The maximum atomic E-state index is 10.4. The lowest BCUT2D eigenvalue weighted by atomic mass is 9.76. The Labute approximate surface area is 80.9 Å². The van der Waals surface area contributed by atoms with Crippen molar-refractivity contribution in [2.75, 3.05) is 20.1 Å². The first-order valence-electron chi connectivity index (χ1n) is 5.62. The molecule has 2 aliphatic rings. The summed E-state index contributed by atoms with van der Waals surface area (Å²) in [6.07, 6.45) is 7.54. The molecule has 2 nitrogen and oxygen atoms in total. The van der Waals surface area contributed by atoms with E-state index in [9.17, 15) is 5.11 Å². The van der Waals surface area contributed by atoms with Crippen LogP contribution in [0, 0.1) is 5.92 Å². The van der Waals surface area contributed by atoms with Crippen molar-refractivity contribution in [2.24, 2.45) is 5.92 Å². The Morgan fingerprint density at radius 1 is 1.23 bits per heavy atom. The molecular weight excluding hydrogens is 162 g/mol. The summed E-state index contributed by atoms with van der Waals surface area (Å²) in [6.45, 7) is 1.98. The largest absolute Gasteiger partial charge is 0.388 e. The Morgan fingerprint density at radius 3 is 2.46 bits per heavy atom. The van der Waals surface area contributed by atoms with E-state index in [0.29, 0.717) is 5.92 Å². The molecule has 1 unspecified atom stereocenters. The van der Waals surface area contributed by atoms with Crippen LogP contribution in [0.1, 0.15) is 38.5 Å². The number of hydrogen-bond donors (Lipinski definition) is 1. The van der Waals surface area contributed by atoms with Gasteiger partial charge in [0.15, 0.2) is 0 Å². The van der Waals surface area contributed by atoms with Crippen LogP contribution in [0.5, 0.6) is 0 Å². The number of likely N-dealkylation sites (tertiary alicyclic amines) is 1. The first-order valence-corrected chi connectivity index (χ1v) is 5.62. The molecular formula is C11H21NO. The molecule has 1 saturated heterocycles. The number of rotatable bonds is 1. The summed E-state index contributed by atoms with van der Waals surface area (Å²) in [5.41, 5.74) is -0.338. The van der Waals surface area contributed by atoms with Crippen molar-refractivity contribution >= 4 is 0 Å². The number of hydrogen-bond acceptors (Lipinski definition) is 2. The highest BCUT2D eigenvalue weighted by Gasteiger charge is 2.41. The first kappa shape index (κ1) is 9.47. The van der Waals surface area contributed by atoms with E-state index in [1.807, 2.05) is 0 Å². The minimum atomic E-state index is -0.338. The predicted octanol–water partition coefficient (Wildman–Crippen LogP) is 1.63. The van der Waals surface area contributed by atoms with Gasteiger partial charge in [0.05, 0.1) is 5.60 Å². The summed E-state index contributed by atoms with van der Waals surface area (Å²) in [6, 6.07) is 0. The van der Waals surface area contributed by atoms with Gasteiger partial charge in [0.1, 0.15) is 0 Å². The van der Waals surface area contributed by atoms with Crippen LogP contribution in [0.25, 0.3) is 0 Å². The van der Waals surface area contributed by atoms with Crippen molar-refractivity contribution in [3.05, 3.63) is 0 Å². The van der Waals surface area contributed by atoms with Crippen LogP contribution in [0.2, 0.25) is 0 Å². The lowest BCUT2D eigenvalue weighted by Gasteiger charge is -2.35. The summed E-state index contributed by atoms with van der Waals surface area (Å²) in [7, 11) is 2.11. The molecule has 1 aliphatic carbocycles. The second kappa shape index (κ2) is 3.58. The van der Waals surface area contributed by atoms with Gasteiger partial charge in [-0.15, -0.1) is 0 Å². The van der Waals surface area contributed by atoms with Gasteiger partial charge < -0.3 is 10.0 Å². The molecule has 76 valence electrons. The zero-order valence-corrected chi connectivity index (χ0v) is 8.63. The van der Waals surface area contributed by atoms with E-state index >= 15 is 0 Å². The standard InChI is InChI=1S/C11H21NO/c1-12-8-7-11(13,9-12)10-5-3-2-4-6-10/h10,13H,2-9H2,1H3. The van der Waals surface area contributed by atoms with Crippen LogP contribution < -0.4 is 0 Å². The molecule has 2 heteroatoms. The van der Waals surface area contributed by atoms with Crippen molar-refractivity contribution in [3.8, 4) is 0 Å². The molecule has 1 heterocycles. The Balaban J connectivity index is 1.97. The van der Waals surface area contributed by atoms with E-state index in [0.717, 1.165) is 19.5 Å². The van der Waals surface area contributed by atoms with Crippen molar-refractivity contribution in [2.45, 2.75) is 44.1 Å². The first-order chi connectivity index (χ1) is 6.21. The van der Waals surface area contributed by atoms with Crippen molar-refractivity contribution < 1.29 is 5.11 Å². The van der Waals surface area contributed by atoms with Gasteiger partial charge in [0.2, 0.25) is 0 Å². The molecule has 2 rings (SSSR count). The minimum Gasteiger partial charge on any atom is -0.388 e. The van der Waals surface area contributed by atoms with Crippen LogP contribution in [0.3, 0.4) is 0 Å². The molecule has 0 amide bonds. The SMILES string of the molecule is CN1CCC(O)(C2CCCCC2)C1. The second-order valence-corrected chi connectivity index (χ2v) is 4.93. The molecule has 1 atom stereocenters. The van der Waals surface area contributed by atoms with Crippen molar-refractivity contribution in [3.63, 3.8) is 0 Å². The maximum Gasteiger partial charge on any atom is 0.0814 e. The lowest BCUT2D eigenvalue weighted by Crippen LogP contribution is -2.41. The van der Waals surface area contributed by atoms with E-state index < -0.39 is 0 Å². The fraction of sp³-hybridized carbons (Fsp3) is 1.00. The highest BCUT2D eigenvalue weighted by molar-refractivity contribution is 4.95. The summed E-state index contributed by atoms with van der Waals surface area (Å²) < 4.78 is 0. The van der Waals surface area contributed by atoms with E-state index in [1.165, 1.54) is 32.1 Å². The average Bonchev–Trinajstić information content (AvgIpc) is 2.49. The van der Waals surface area contributed by atoms with Crippen LogP contribution in [-0.4, -0.2) is 35.7 Å². The van der Waals surface area contributed by atoms with Gasteiger partial charge in [0, 0.05) is 13.1 Å². The van der Waals surface area contributed by atoms with Gasteiger partial charge in [-0.3, -0.25) is 0 Å². The van der Waals surface area contributed by atoms with Crippen molar-refractivity contribution in [1.82, 2.24) is 4.90 Å². The molecule has 0 aromatic carbocycles. The molecule has 13 heavy (non-hydrogen) atoms. The number of likely N-dealkylation sites (N-methyl/N-ethyl adjacent to an activating group) is 1. The molecule has 0 bridgehead atoms. The summed E-state index contributed by atoms with van der Waals surface area (Å²) in [4.78, 5) is 2.26. The number of β-amino-alcohol motifs (C(OH)–C–C–N with tert-alkyl or cyclic N) is 1. The highest BCUT2D eigenvalue weighted by atomic mass is 16.3. The zero-order valence-electron chi connectivity index (χ0n) is 8.63. The van der Waals surface area contributed by atoms with Gasteiger partial charge in [-0.25, -0.2) is 0 Å². The molecule has 1 aliphatic heterocycles. The van der Waals surface area contributed by atoms with E-state index in [4.69, 9.17) is 0 Å². The van der Waals surface area contributed by atoms with Crippen molar-refractivity contribution in [1.29, 1.82) is 0 Å². The fourth-order valence-corrected chi connectivity index (χ4v) is 2.98. The maximum absolute atomic E-state index is 10.4. The van der Waals surface area contributed by atoms with Crippen LogP contribution >= 0.6 is 0 Å². The molecule has 0 radical (unpaired) electrons. The van der Waals surface area contributed by atoms with Crippen LogP contribution in [0.4, 0.5) is 0 Å². The predicted molar refractivity (Wildman–Crippen MR) is 53.6 cm³/mol. The topological polar surface area (TPSA) is 23.5 Å². The molecule has 1 saturated carbocycles. The highest BCUT2D eigenvalue weighted by Crippen LogP contribution is 2.37. The van der Waals surface area contributed by atoms with Gasteiger partial charge in [0.25, 0.3) is 0 Å². The minimum absolute atomic E-state index is 0.338. The van der Waals surface area contributed by atoms with Crippen LogP contribution in [0.15, 0.2) is 0 Å². The Bertz CT molecular complexity index is 177. The van der Waals surface area contributed by atoms with E-state index in [-0.39, 0.29) is 5.60 Å². The average molecular weight is 183 g/mol. The van der Waals surface area contributed by atoms with E-state index in [2.05, 4.69) is 11.9 Å². The smallest absolute Gasteiger partial charge is 0.0814 e. The van der Waals surface area contributed by atoms with E-state index in [1.54, 1.807) is 0 Å². The third-order valence-corrected chi connectivity index (χ3v) is 3.84. The van der Waals surface area contributed by atoms with Crippen LogP contribution in [-0.2, 0) is 0 Å².